The quantitative estimate of drug-likeness (QED) is 0.774. The Balaban J connectivity index is 1.44. The summed E-state index contributed by atoms with van der Waals surface area (Å²) in [6.07, 6.45) is -2.54. The Morgan fingerprint density at radius 2 is 1.89 bits per heavy atom. The number of benzene rings is 2. The number of halogens is 4. The van der Waals surface area contributed by atoms with E-state index in [-0.39, 0.29) is 16.1 Å². The van der Waals surface area contributed by atoms with E-state index in [1.165, 1.54) is 11.6 Å². The van der Waals surface area contributed by atoms with E-state index in [9.17, 15) is 18.0 Å². The van der Waals surface area contributed by atoms with E-state index in [2.05, 4.69) is 22.3 Å². The van der Waals surface area contributed by atoms with Gasteiger partial charge in [-0.3, -0.25) is 9.69 Å². The number of alkyl halides is 3. The number of hydrogen-bond donors (Lipinski definition) is 1. The van der Waals surface area contributed by atoms with E-state index in [0.29, 0.717) is 12.5 Å². The van der Waals surface area contributed by atoms with Crippen LogP contribution in [0.3, 0.4) is 0 Å². The summed E-state index contributed by atoms with van der Waals surface area (Å²) in [5.74, 6) is 0.0982. The molecular formula is C21H20ClF3N2O. The first kappa shape index (κ1) is 19.3. The van der Waals surface area contributed by atoms with Crippen molar-refractivity contribution in [3.05, 3.63) is 70.2 Å². The number of nitrogens with one attached hydrogen (secondary N) is 1. The molecule has 0 atom stereocenters. The van der Waals surface area contributed by atoms with Gasteiger partial charge in [0.25, 0.3) is 5.91 Å². The fraction of sp³-hybridized carbons (Fsp3) is 0.381. The van der Waals surface area contributed by atoms with Gasteiger partial charge in [0.1, 0.15) is 0 Å². The summed E-state index contributed by atoms with van der Waals surface area (Å²) >= 11 is 5.79. The number of hydrogen-bond acceptors (Lipinski definition) is 2. The average molecular weight is 409 g/mol. The highest BCUT2D eigenvalue weighted by Crippen LogP contribution is 2.50. The maximum atomic E-state index is 13.0. The van der Waals surface area contributed by atoms with Crippen molar-refractivity contribution in [3.63, 3.8) is 0 Å². The van der Waals surface area contributed by atoms with Crippen molar-refractivity contribution in [1.82, 2.24) is 10.2 Å². The zero-order chi connectivity index (χ0) is 19.9. The van der Waals surface area contributed by atoms with Gasteiger partial charge in [-0.05, 0) is 42.5 Å². The van der Waals surface area contributed by atoms with Gasteiger partial charge < -0.3 is 5.32 Å². The van der Waals surface area contributed by atoms with Crippen LogP contribution in [0.25, 0.3) is 0 Å². The molecule has 1 N–H and O–H groups in total. The van der Waals surface area contributed by atoms with Crippen molar-refractivity contribution in [2.75, 3.05) is 13.1 Å². The number of amides is 1. The first-order valence-electron chi connectivity index (χ1n) is 9.20. The van der Waals surface area contributed by atoms with Crippen LogP contribution in [0.1, 0.15) is 34.3 Å². The predicted molar refractivity (Wildman–Crippen MR) is 101 cm³/mol. The lowest BCUT2D eigenvalue weighted by Gasteiger charge is -2.42. The number of rotatable bonds is 5. The number of carbonyl (C=O) groups excluding carboxylic acids is 1. The molecule has 148 valence electrons. The molecular weight excluding hydrogens is 389 g/mol. The Bertz CT molecular complexity index is 879. The van der Waals surface area contributed by atoms with Gasteiger partial charge >= 0.3 is 6.18 Å². The molecule has 2 aliphatic heterocycles. The van der Waals surface area contributed by atoms with Crippen LogP contribution in [0.15, 0.2) is 48.5 Å². The van der Waals surface area contributed by atoms with Crippen LogP contribution in [0, 0.1) is 5.92 Å². The molecule has 2 aromatic carbocycles. The molecule has 1 saturated carbocycles. The third kappa shape index (κ3) is 3.76. The minimum Gasteiger partial charge on any atom is -0.350 e. The van der Waals surface area contributed by atoms with Crippen LogP contribution in [0.2, 0.25) is 5.02 Å². The van der Waals surface area contributed by atoms with Crippen molar-refractivity contribution < 1.29 is 18.0 Å². The summed E-state index contributed by atoms with van der Waals surface area (Å²) in [6, 6.07) is 13.1. The lowest BCUT2D eigenvalue weighted by molar-refractivity contribution is -0.137. The monoisotopic (exact) mass is 408 g/mol. The molecule has 28 heavy (non-hydrogen) atoms. The Kier molecular flexibility index (Phi) is 4.88. The van der Waals surface area contributed by atoms with Gasteiger partial charge in [-0.15, -0.1) is 0 Å². The van der Waals surface area contributed by atoms with Crippen molar-refractivity contribution in [3.8, 4) is 0 Å². The third-order valence-electron chi connectivity index (χ3n) is 5.77. The number of fused-ring (bicyclic) bond motifs is 1. The smallest absolute Gasteiger partial charge is 0.350 e. The van der Waals surface area contributed by atoms with Crippen molar-refractivity contribution >= 4 is 17.5 Å². The highest BCUT2D eigenvalue weighted by Gasteiger charge is 2.55. The highest BCUT2D eigenvalue weighted by atomic mass is 35.5. The summed E-state index contributed by atoms with van der Waals surface area (Å²) in [7, 11) is 0. The molecule has 2 aromatic rings. The Labute approximate surface area is 166 Å². The Hall–Kier alpha value is -2.05. The minimum atomic E-state index is -4.54. The summed E-state index contributed by atoms with van der Waals surface area (Å²) in [6.45, 7) is 2.21. The highest BCUT2D eigenvalue weighted by molar-refractivity contribution is 6.31. The molecule has 0 unspecified atom stereocenters. The molecule has 2 bridgehead atoms. The molecule has 0 aromatic heterocycles. The number of carbonyl (C=O) groups is 1. The van der Waals surface area contributed by atoms with Gasteiger partial charge in [0, 0.05) is 35.8 Å². The molecule has 1 amide bonds. The molecule has 7 heteroatoms. The van der Waals surface area contributed by atoms with E-state index < -0.39 is 17.6 Å². The van der Waals surface area contributed by atoms with Gasteiger partial charge in [0.15, 0.2) is 0 Å². The fourth-order valence-electron chi connectivity index (χ4n) is 4.43. The largest absolute Gasteiger partial charge is 0.416 e. The van der Waals surface area contributed by atoms with Crippen LogP contribution in [-0.4, -0.2) is 29.4 Å². The lowest BCUT2D eigenvalue weighted by atomic mass is 9.73. The first-order valence-corrected chi connectivity index (χ1v) is 9.58. The van der Waals surface area contributed by atoms with Crippen LogP contribution >= 0.6 is 11.6 Å². The van der Waals surface area contributed by atoms with Gasteiger partial charge in [-0.1, -0.05) is 41.9 Å². The first-order chi connectivity index (χ1) is 13.2. The van der Waals surface area contributed by atoms with E-state index in [0.717, 1.165) is 38.1 Å². The normalized spacial score (nSPS) is 24.1. The van der Waals surface area contributed by atoms with Crippen molar-refractivity contribution in [2.24, 2.45) is 5.92 Å². The van der Waals surface area contributed by atoms with E-state index in [4.69, 9.17) is 11.6 Å². The second-order valence-corrected chi connectivity index (χ2v) is 8.21. The molecule has 3 aliphatic rings. The molecule has 2 heterocycles. The molecule has 3 fully saturated rings. The van der Waals surface area contributed by atoms with E-state index >= 15 is 0 Å². The van der Waals surface area contributed by atoms with Crippen molar-refractivity contribution in [2.45, 2.75) is 31.1 Å². The Morgan fingerprint density at radius 1 is 1.18 bits per heavy atom. The maximum Gasteiger partial charge on any atom is 0.416 e. The zero-order valence-electron chi connectivity index (χ0n) is 15.1. The van der Waals surface area contributed by atoms with Crippen LogP contribution in [0.5, 0.6) is 0 Å². The Morgan fingerprint density at radius 3 is 2.57 bits per heavy atom. The van der Waals surface area contributed by atoms with Crippen LogP contribution in [0.4, 0.5) is 13.2 Å². The summed E-state index contributed by atoms with van der Waals surface area (Å²) in [4.78, 5) is 14.9. The maximum absolute atomic E-state index is 13.0. The van der Waals surface area contributed by atoms with Crippen LogP contribution < -0.4 is 5.32 Å². The van der Waals surface area contributed by atoms with Gasteiger partial charge in [-0.2, -0.15) is 13.2 Å². The molecule has 3 nitrogen and oxygen atoms in total. The second kappa shape index (κ2) is 7.08. The summed E-state index contributed by atoms with van der Waals surface area (Å²) < 4.78 is 38.9. The molecule has 1 aliphatic carbocycles. The average Bonchev–Trinajstić information content (AvgIpc) is 3.13. The van der Waals surface area contributed by atoms with Gasteiger partial charge in [0.2, 0.25) is 0 Å². The van der Waals surface area contributed by atoms with Gasteiger partial charge in [-0.25, -0.2) is 0 Å². The third-order valence-corrected chi connectivity index (χ3v) is 5.99. The topological polar surface area (TPSA) is 32.3 Å². The standard InChI is InChI=1S/C21H20ClF3N2O/c22-18-7-16(6-17(8-18)21(23,24)25)19(28)26-13-20-9-15(10-20)12-27(20)11-14-4-2-1-3-5-14/h1-8,15H,9-13H2,(H,26,28). The molecule has 0 radical (unpaired) electrons. The van der Waals surface area contributed by atoms with E-state index in [1.807, 2.05) is 18.2 Å². The predicted octanol–water partition coefficient (Wildman–Crippen LogP) is 4.75. The molecule has 0 spiro atoms. The fourth-order valence-corrected chi connectivity index (χ4v) is 4.67. The number of nitrogens with zero attached hydrogens (tertiary/aromatic N) is 1. The molecule has 5 rings (SSSR count). The minimum absolute atomic E-state index is 0.0697. The second-order valence-electron chi connectivity index (χ2n) is 7.77. The van der Waals surface area contributed by atoms with E-state index in [1.54, 1.807) is 0 Å². The molecule has 2 saturated heterocycles. The summed E-state index contributed by atoms with van der Waals surface area (Å²) in [5.41, 5.74) is 0.116. The zero-order valence-corrected chi connectivity index (χ0v) is 15.9. The SMILES string of the molecule is O=C(NCC12CC(CN1Cc1ccccc1)C2)c1cc(Cl)cc(C(F)(F)F)c1. The van der Waals surface area contributed by atoms with Crippen LogP contribution in [-0.2, 0) is 12.7 Å². The lowest BCUT2D eigenvalue weighted by Crippen LogP contribution is -2.53. The summed E-state index contributed by atoms with van der Waals surface area (Å²) in [5, 5.41) is 2.73. The van der Waals surface area contributed by atoms with Gasteiger partial charge in [0.05, 0.1) is 5.56 Å². The van der Waals surface area contributed by atoms with Crippen molar-refractivity contribution in [1.29, 1.82) is 0 Å².